The van der Waals surface area contributed by atoms with Crippen molar-refractivity contribution in [3.05, 3.63) is 63.7 Å². The number of carbonyl (C=O) groups is 1. The summed E-state index contributed by atoms with van der Waals surface area (Å²) in [5, 5.41) is 16.1. The molecule has 2 aromatic rings. The summed E-state index contributed by atoms with van der Waals surface area (Å²) in [5.41, 5.74) is 2.06. The van der Waals surface area contributed by atoms with Gasteiger partial charge in [-0.3, -0.25) is 4.79 Å². The maximum atomic E-state index is 13.1. The van der Waals surface area contributed by atoms with Gasteiger partial charge in [-0.1, -0.05) is 46.2 Å². The van der Waals surface area contributed by atoms with Crippen LogP contribution in [0.4, 0.5) is 13.2 Å². The SMILES string of the molecule is Cc1cc(C(C)CC(=O)O)ccc1-c1noc(C2=CN3C=C(C(F)(F)F)C=C(Br)C3N2)n1. The van der Waals surface area contributed by atoms with Gasteiger partial charge >= 0.3 is 12.1 Å². The largest absolute Gasteiger partial charge is 0.481 e. The number of carboxylic acid groups (broad SMARTS) is 1. The Hall–Kier alpha value is -3.08. The van der Waals surface area contributed by atoms with Crippen LogP contribution in [0.2, 0.25) is 0 Å². The highest BCUT2D eigenvalue weighted by atomic mass is 79.9. The lowest BCUT2D eigenvalue weighted by atomic mass is 9.94. The van der Waals surface area contributed by atoms with E-state index in [0.717, 1.165) is 23.4 Å². The van der Waals surface area contributed by atoms with E-state index in [2.05, 4.69) is 31.4 Å². The molecule has 0 fully saturated rings. The fourth-order valence-corrected chi connectivity index (χ4v) is 4.17. The van der Waals surface area contributed by atoms with Gasteiger partial charge in [-0.2, -0.15) is 18.2 Å². The zero-order chi connectivity index (χ0) is 23.2. The summed E-state index contributed by atoms with van der Waals surface area (Å²) < 4.78 is 44.9. The van der Waals surface area contributed by atoms with Crippen molar-refractivity contribution >= 4 is 27.6 Å². The number of aromatic nitrogens is 2. The average Bonchev–Trinajstić information content (AvgIpc) is 3.33. The Morgan fingerprint density at radius 1 is 1.38 bits per heavy atom. The van der Waals surface area contributed by atoms with Crippen molar-refractivity contribution in [3.8, 4) is 11.4 Å². The second-order valence-corrected chi connectivity index (χ2v) is 8.56. The highest BCUT2D eigenvalue weighted by molar-refractivity contribution is 9.11. The smallest absolute Gasteiger partial charge is 0.417 e. The van der Waals surface area contributed by atoms with Crippen LogP contribution >= 0.6 is 15.9 Å². The first kappa shape index (κ1) is 22.1. The quantitative estimate of drug-likeness (QED) is 0.591. The maximum absolute atomic E-state index is 13.1. The number of alkyl halides is 3. The molecule has 2 aliphatic rings. The summed E-state index contributed by atoms with van der Waals surface area (Å²) in [5.74, 6) is -0.551. The number of halogens is 4. The number of aliphatic carboxylic acids is 1. The van der Waals surface area contributed by atoms with E-state index in [-0.39, 0.29) is 18.2 Å². The molecule has 2 atom stereocenters. The second-order valence-electron chi connectivity index (χ2n) is 7.64. The molecule has 2 aliphatic heterocycles. The molecule has 4 rings (SSSR count). The lowest BCUT2D eigenvalue weighted by Crippen LogP contribution is -2.36. The van der Waals surface area contributed by atoms with Crippen molar-refractivity contribution in [2.45, 2.75) is 38.5 Å². The molecule has 3 heterocycles. The topological polar surface area (TPSA) is 91.5 Å². The van der Waals surface area contributed by atoms with Crippen LogP contribution in [-0.4, -0.2) is 38.5 Å². The zero-order valence-electron chi connectivity index (χ0n) is 16.9. The maximum Gasteiger partial charge on any atom is 0.417 e. The Kier molecular flexibility index (Phi) is 5.61. The highest BCUT2D eigenvalue weighted by Gasteiger charge is 2.39. The van der Waals surface area contributed by atoms with E-state index in [1.54, 1.807) is 6.07 Å². The van der Waals surface area contributed by atoms with E-state index >= 15 is 0 Å². The summed E-state index contributed by atoms with van der Waals surface area (Å²) in [7, 11) is 0. The van der Waals surface area contributed by atoms with E-state index in [1.165, 1.54) is 11.1 Å². The fraction of sp³-hybridized carbons (Fsp3) is 0.286. The van der Waals surface area contributed by atoms with Crippen LogP contribution in [0.25, 0.3) is 17.1 Å². The van der Waals surface area contributed by atoms with E-state index in [9.17, 15) is 18.0 Å². The first-order valence-corrected chi connectivity index (χ1v) is 10.4. The molecule has 2 unspecified atom stereocenters. The molecule has 32 heavy (non-hydrogen) atoms. The third-order valence-corrected chi connectivity index (χ3v) is 5.90. The van der Waals surface area contributed by atoms with Crippen LogP contribution in [-0.2, 0) is 4.79 Å². The third kappa shape index (κ3) is 4.29. The first-order chi connectivity index (χ1) is 15.0. The fourth-order valence-electron chi connectivity index (χ4n) is 3.57. The predicted octanol–water partition coefficient (Wildman–Crippen LogP) is 4.89. The number of hydrogen-bond donors (Lipinski definition) is 2. The molecule has 0 saturated heterocycles. The molecule has 168 valence electrons. The van der Waals surface area contributed by atoms with Crippen molar-refractivity contribution in [1.29, 1.82) is 0 Å². The van der Waals surface area contributed by atoms with Gasteiger partial charge in [0.1, 0.15) is 11.9 Å². The second kappa shape index (κ2) is 8.12. The van der Waals surface area contributed by atoms with E-state index in [4.69, 9.17) is 9.63 Å². The Morgan fingerprint density at radius 3 is 2.78 bits per heavy atom. The molecule has 0 saturated carbocycles. The van der Waals surface area contributed by atoms with Gasteiger partial charge in [-0.05, 0) is 30.0 Å². The molecule has 11 heteroatoms. The molecule has 0 bridgehead atoms. The molecule has 1 aromatic carbocycles. The van der Waals surface area contributed by atoms with Crippen LogP contribution < -0.4 is 5.32 Å². The molecule has 0 aliphatic carbocycles. The van der Waals surface area contributed by atoms with Crippen molar-refractivity contribution < 1.29 is 27.6 Å². The Balaban J connectivity index is 1.57. The summed E-state index contributed by atoms with van der Waals surface area (Å²) >= 11 is 3.19. The number of benzene rings is 1. The van der Waals surface area contributed by atoms with Gasteiger partial charge in [0.2, 0.25) is 5.82 Å². The number of allylic oxidation sites excluding steroid dienone is 2. The van der Waals surface area contributed by atoms with Gasteiger partial charge in [-0.25, -0.2) is 0 Å². The van der Waals surface area contributed by atoms with Crippen molar-refractivity contribution in [3.63, 3.8) is 0 Å². The van der Waals surface area contributed by atoms with Crippen LogP contribution in [0, 0.1) is 6.92 Å². The summed E-state index contributed by atoms with van der Waals surface area (Å²) in [4.78, 5) is 16.7. The molecule has 1 aromatic heterocycles. The number of aryl methyl sites for hydroxylation is 1. The van der Waals surface area contributed by atoms with Crippen molar-refractivity contribution in [2.75, 3.05) is 0 Å². The molecular weight excluding hydrogens is 493 g/mol. The summed E-state index contributed by atoms with van der Waals surface area (Å²) in [6, 6.07) is 5.51. The number of rotatable bonds is 5. The Bertz CT molecular complexity index is 1170. The number of fused-ring (bicyclic) bond motifs is 1. The van der Waals surface area contributed by atoms with Gasteiger partial charge in [0.25, 0.3) is 5.89 Å². The number of hydrogen-bond acceptors (Lipinski definition) is 6. The average molecular weight is 511 g/mol. The van der Waals surface area contributed by atoms with Crippen LogP contribution in [0.15, 0.2) is 51.3 Å². The number of nitrogens with zero attached hydrogens (tertiary/aromatic N) is 3. The van der Waals surface area contributed by atoms with Crippen molar-refractivity contribution in [1.82, 2.24) is 20.4 Å². The van der Waals surface area contributed by atoms with Crippen LogP contribution in [0.3, 0.4) is 0 Å². The van der Waals surface area contributed by atoms with E-state index in [1.807, 2.05) is 26.0 Å². The van der Waals surface area contributed by atoms with Crippen LogP contribution in [0.5, 0.6) is 0 Å². The normalized spacial score (nSPS) is 19.0. The molecule has 0 spiro atoms. The predicted molar refractivity (Wildman–Crippen MR) is 113 cm³/mol. The van der Waals surface area contributed by atoms with Gasteiger partial charge in [0, 0.05) is 22.4 Å². The number of nitrogens with one attached hydrogen (secondary N) is 1. The standard InChI is InChI=1S/C21H18BrF3N4O3/c1-10(6-17(30)31)12-3-4-14(11(2)5-12)18-27-20(32-28-18)16-9-29-8-13(21(23,24)25)7-15(22)19(29)26-16/h3-5,7-10,19,26H,6H2,1-2H3,(H,30,31). The van der Waals surface area contributed by atoms with Gasteiger partial charge in [0.15, 0.2) is 0 Å². The van der Waals surface area contributed by atoms with Gasteiger partial charge in [-0.15, -0.1) is 0 Å². The van der Waals surface area contributed by atoms with Gasteiger partial charge < -0.3 is 19.8 Å². The minimum atomic E-state index is -4.47. The zero-order valence-corrected chi connectivity index (χ0v) is 18.5. The molecule has 7 nitrogen and oxygen atoms in total. The Labute approximate surface area is 189 Å². The van der Waals surface area contributed by atoms with Gasteiger partial charge in [0.05, 0.1) is 12.0 Å². The number of carboxylic acids is 1. The van der Waals surface area contributed by atoms with Crippen LogP contribution in [0.1, 0.15) is 36.3 Å². The summed E-state index contributed by atoms with van der Waals surface area (Å²) in [6.07, 6.45) is -1.47. The lowest BCUT2D eigenvalue weighted by molar-refractivity contribution is -0.137. The molecular formula is C21H18BrF3N4O3. The minimum absolute atomic E-state index is 0.0249. The Morgan fingerprint density at radius 2 is 2.12 bits per heavy atom. The van der Waals surface area contributed by atoms with Crippen molar-refractivity contribution in [2.24, 2.45) is 0 Å². The monoisotopic (exact) mass is 510 g/mol. The minimum Gasteiger partial charge on any atom is -0.481 e. The first-order valence-electron chi connectivity index (χ1n) is 9.61. The molecule has 0 radical (unpaired) electrons. The molecule has 2 N–H and O–H groups in total. The summed E-state index contributed by atoms with van der Waals surface area (Å²) in [6.45, 7) is 3.70. The van der Waals surface area contributed by atoms with E-state index in [0.29, 0.717) is 21.6 Å². The highest BCUT2D eigenvalue weighted by Crippen LogP contribution is 2.37. The molecule has 0 amide bonds. The third-order valence-electron chi connectivity index (χ3n) is 5.24. The lowest BCUT2D eigenvalue weighted by Gasteiger charge is -2.27. The van der Waals surface area contributed by atoms with E-state index < -0.39 is 23.9 Å².